The van der Waals surface area contributed by atoms with Crippen LogP contribution in [0, 0.1) is 0 Å². The molecule has 1 aliphatic carbocycles. The third-order valence-electron chi connectivity index (χ3n) is 4.25. The molecule has 0 bridgehead atoms. The van der Waals surface area contributed by atoms with Gasteiger partial charge in [-0.2, -0.15) is 0 Å². The van der Waals surface area contributed by atoms with Gasteiger partial charge >= 0.3 is 0 Å². The van der Waals surface area contributed by atoms with Gasteiger partial charge in [0.15, 0.2) is 0 Å². The van der Waals surface area contributed by atoms with Crippen LogP contribution in [0.15, 0.2) is 42.6 Å². The van der Waals surface area contributed by atoms with Gasteiger partial charge in [-0.25, -0.2) is 0 Å². The van der Waals surface area contributed by atoms with Gasteiger partial charge < -0.3 is 10.1 Å². The van der Waals surface area contributed by atoms with E-state index < -0.39 is 0 Å². The van der Waals surface area contributed by atoms with Crippen LogP contribution >= 0.6 is 0 Å². The highest BCUT2D eigenvalue weighted by atomic mass is 16.5. The van der Waals surface area contributed by atoms with Gasteiger partial charge in [0.2, 0.25) is 0 Å². The molecule has 3 nitrogen and oxygen atoms in total. The van der Waals surface area contributed by atoms with E-state index in [0.29, 0.717) is 6.04 Å². The highest BCUT2D eigenvalue weighted by Crippen LogP contribution is 2.33. The van der Waals surface area contributed by atoms with Gasteiger partial charge in [0.1, 0.15) is 5.75 Å². The number of methoxy groups -OCH3 is 1. The van der Waals surface area contributed by atoms with E-state index in [9.17, 15) is 0 Å². The standard InChI is InChI=1S/C18H22N2O/c1-13(17-7-3-4-11-19-17)20-18-8-5-6-14-9-10-15(21-2)12-16(14)18/h3-4,7,9-13,18,20H,5-6,8H2,1-2H3. The van der Waals surface area contributed by atoms with Gasteiger partial charge in [0, 0.05) is 18.3 Å². The predicted molar refractivity (Wildman–Crippen MR) is 84.5 cm³/mol. The molecule has 0 fully saturated rings. The molecule has 1 heterocycles. The number of nitrogens with zero attached hydrogens (tertiary/aromatic N) is 1. The number of hydrogen-bond donors (Lipinski definition) is 1. The van der Waals surface area contributed by atoms with Crippen molar-refractivity contribution in [2.45, 2.75) is 38.3 Å². The predicted octanol–water partition coefficient (Wildman–Crippen LogP) is 3.82. The molecule has 3 rings (SSSR count). The third kappa shape index (κ3) is 3.08. The van der Waals surface area contributed by atoms with Gasteiger partial charge in [0.25, 0.3) is 0 Å². The van der Waals surface area contributed by atoms with Crippen molar-refractivity contribution < 1.29 is 4.74 Å². The number of hydrogen-bond acceptors (Lipinski definition) is 3. The van der Waals surface area contributed by atoms with Crippen molar-refractivity contribution in [2.75, 3.05) is 7.11 Å². The Morgan fingerprint density at radius 2 is 2.19 bits per heavy atom. The minimum absolute atomic E-state index is 0.244. The lowest BCUT2D eigenvalue weighted by Gasteiger charge is -2.29. The lowest BCUT2D eigenvalue weighted by molar-refractivity contribution is 0.397. The quantitative estimate of drug-likeness (QED) is 0.925. The number of aromatic nitrogens is 1. The number of ether oxygens (including phenoxy) is 1. The van der Waals surface area contributed by atoms with Crippen molar-refractivity contribution in [3.05, 3.63) is 59.4 Å². The summed E-state index contributed by atoms with van der Waals surface area (Å²) in [5, 5.41) is 3.72. The normalized spacial score (nSPS) is 18.9. The maximum Gasteiger partial charge on any atom is 0.119 e. The first-order chi connectivity index (χ1) is 10.3. The lowest BCUT2D eigenvalue weighted by Crippen LogP contribution is -2.28. The molecule has 0 amide bonds. The van der Waals surface area contributed by atoms with E-state index in [-0.39, 0.29) is 6.04 Å². The Kier molecular flexibility index (Phi) is 4.20. The number of fused-ring (bicyclic) bond motifs is 1. The van der Waals surface area contributed by atoms with Crippen molar-refractivity contribution in [1.29, 1.82) is 0 Å². The van der Waals surface area contributed by atoms with Crippen molar-refractivity contribution in [3.63, 3.8) is 0 Å². The monoisotopic (exact) mass is 282 g/mol. The summed E-state index contributed by atoms with van der Waals surface area (Å²) in [6, 6.07) is 13.1. The van der Waals surface area contributed by atoms with Crippen LogP contribution in [0.5, 0.6) is 5.75 Å². The number of aryl methyl sites for hydroxylation is 1. The average Bonchev–Trinajstić information content (AvgIpc) is 2.55. The molecule has 0 saturated carbocycles. The zero-order valence-corrected chi connectivity index (χ0v) is 12.7. The first kappa shape index (κ1) is 14.1. The molecule has 1 aromatic heterocycles. The molecule has 3 heteroatoms. The van der Waals surface area contributed by atoms with Gasteiger partial charge in [-0.05, 0) is 61.6 Å². The van der Waals surface area contributed by atoms with E-state index in [1.165, 1.54) is 17.5 Å². The Morgan fingerprint density at radius 1 is 1.29 bits per heavy atom. The molecule has 1 N–H and O–H groups in total. The second-order valence-corrected chi connectivity index (χ2v) is 5.65. The minimum Gasteiger partial charge on any atom is -0.497 e. The fourth-order valence-corrected chi connectivity index (χ4v) is 3.10. The summed E-state index contributed by atoms with van der Waals surface area (Å²) in [6.45, 7) is 2.18. The number of pyridine rings is 1. The molecule has 0 saturated heterocycles. The molecule has 2 unspecified atom stereocenters. The van der Waals surface area contributed by atoms with Crippen LogP contribution in [0.1, 0.15) is 48.7 Å². The molecule has 0 aliphatic heterocycles. The topological polar surface area (TPSA) is 34.1 Å². The second kappa shape index (κ2) is 6.27. The molecule has 110 valence electrons. The average molecular weight is 282 g/mol. The summed E-state index contributed by atoms with van der Waals surface area (Å²) in [4.78, 5) is 4.45. The Morgan fingerprint density at radius 3 is 2.95 bits per heavy atom. The van der Waals surface area contributed by atoms with Crippen LogP contribution in [0.4, 0.5) is 0 Å². The Labute approximate surface area is 126 Å². The van der Waals surface area contributed by atoms with Gasteiger partial charge in [-0.3, -0.25) is 4.98 Å². The first-order valence-corrected chi connectivity index (χ1v) is 7.61. The van der Waals surface area contributed by atoms with Crippen LogP contribution in [-0.4, -0.2) is 12.1 Å². The first-order valence-electron chi connectivity index (χ1n) is 7.61. The van der Waals surface area contributed by atoms with E-state index in [1.807, 2.05) is 18.3 Å². The van der Waals surface area contributed by atoms with Crippen molar-refractivity contribution in [3.8, 4) is 5.75 Å². The van der Waals surface area contributed by atoms with E-state index in [2.05, 4.69) is 41.5 Å². The van der Waals surface area contributed by atoms with Crippen LogP contribution in [-0.2, 0) is 6.42 Å². The molecular formula is C18H22N2O. The Bertz CT molecular complexity index is 597. The van der Waals surface area contributed by atoms with Gasteiger partial charge in [0.05, 0.1) is 12.8 Å². The highest BCUT2D eigenvalue weighted by Gasteiger charge is 2.22. The fourth-order valence-electron chi connectivity index (χ4n) is 3.10. The molecule has 0 spiro atoms. The van der Waals surface area contributed by atoms with Crippen molar-refractivity contribution in [2.24, 2.45) is 0 Å². The van der Waals surface area contributed by atoms with E-state index in [4.69, 9.17) is 4.74 Å². The molecular weight excluding hydrogens is 260 g/mol. The molecule has 2 aromatic rings. The van der Waals surface area contributed by atoms with Crippen LogP contribution in [0.3, 0.4) is 0 Å². The molecule has 1 aliphatic rings. The maximum absolute atomic E-state index is 5.38. The summed E-state index contributed by atoms with van der Waals surface area (Å²) in [6.07, 6.45) is 5.41. The fraction of sp³-hybridized carbons (Fsp3) is 0.389. The smallest absolute Gasteiger partial charge is 0.119 e. The summed E-state index contributed by atoms with van der Waals surface area (Å²) >= 11 is 0. The minimum atomic E-state index is 0.244. The number of rotatable bonds is 4. The highest BCUT2D eigenvalue weighted by molar-refractivity contribution is 5.39. The molecule has 2 atom stereocenters. The van der Waals surface area contributed by atoms with Gasteiger partial charge in [-0.15, -0.1) is 0 Å². The van der Waals surface area contributed by atoms with E-state index >= 15 is 0 Å². The molecule has 1 aromatic carbocycles. The molecule has 21 heavy (non-hydrogen) atoms. The maximum atomic E-state index is 5.38. The zero-order chi connectivity index (χ0) is 14.7. The zero-order valence-electron chi connectivity index (χ0n) is 12.7. The SMILES string of the molecule is COc1ccc2c(c1)C(NC(C)c1ccccn1)CCC2. The third-order valence-corrected chi connectivity index (χ3v) is 4.25. The van der Waals surface area contributed by atoms with Gasteiger partial charge in [-0.1, -0.05) is 12.1 Å². The number of nitrogens with one attached hydrogen (secondary N) is 1. The Hall–Kier alpha value is -1.87. The molecule has 0 radical (unpaired) electrons. The van der Waals surface area contributed by atoms with Crippen LogP contribution in [0.2, 0.25) is 0 Å². The summed E-state index contributed by atoms with van der Waals surface area (Å²) in [5.74, 6) is 0.938. The summed E-state index contributed by atoms with van der Waals surface area (Å²) < 4.78 is 5.38. The van der Waals surface area contributed by atoms with Crippen LogP contribution in [0.25, 0.3) is 0 Å². The number of benzene rings is 1. The lowest BCUT2D eigenvalue weighted by atomic mass is 9.87. The Balaban J connectivity index is 1.81. The van der Waals surface area contributed by atoms with Crippen molar-refractivity contribution in [1.82, 2.24) is 10.3 Å². The van der Waals surface area contributed by atoms with Crippen molar-refractivity contribution >= 4 is 0 Å². The summed E-state index contributed by atoms with van der Waals surface area (Å²) in [5.41, 5.74) is 3.91. The largest absolute Gasteiger partial charge is 0.497 e. The second-order valence-electron chi connectivity index (χ2n) is 5.65. The van der Waals surface area contributed by atoms with Crippen LogP contribution < -0.4 is 10.1 Å². The van der Waals surface area contributed by atoms with E-state index in [0.717, 1.165) is 24.3 Å². The summed E-state index contributed by atoms with van der Waals surface area (Å²) in [7, 11) is 1.73. The van der Waals surface area contributed by atoms with E-state index in [1.54, 1.807) is 7.11 Å².